The number of amides is 1. The summed E-state index contributed by atoms with van der Waals surface area (Å²) in [5.41, 5.74) is 1.05. The summed E-state index contributed by atoms with van der Waals surface area (Å²) >= 11 is 4.40. The van der Waals surface area contributed by atoms with E-state index in [0.717, 1.165) is 36.0 Å². The largest absolute Gasteiger partial charge is 0.496 e. The second kappa shape index (κ2) is 7.43. The molecule has 0 radical (unpaired) electrons. The third-order valence-corrected chi connectivity index (χ3v) is 10.2. The zero-order chi connectivity index (χ0) is 17.3. The van der Waals surface area contributed by atoms with Crippen molar-refractivity contribution in [2.75, 3.05) is 18.6 Å². The van der Waals surface area contributed by atoms with Crippen LogP contribution in [0.4, 0.5) is 0 Å². The quantitative estimate of drug-likeness (QED) is 0.848. The van der Waals surface area contributed by atoms with Crippen molar-refractivity contribution in [3.05, 3.63) is 29.8 Å². The number of carbonyl (C=O) groups is 1. The molecule has 1 amide bonds. The highest BCUT2D eigenvalue weighted by atomic mass is 32.2. The van der Waals surface area contributed by atoms with Gasteiger partial charge in [-0.3, -0.25) is 4.79 Å². The van der Waals surface area contributed by atoms with E-state index < -0.39 is 0 Å². The van der Waals surface area contributed by atoms with Crippen LogP contribution in [0.3, 0.4) is 0 Å². The van der Waals surface area contributed by atoms with Crippen LogP contribution in [-0.4, -0.2) is 28.6 Å². The smallest absolute Gasteiger partial charge is 0.223 e. The Hall–Kier alpha value is -0.810. The molecule has 3 aliphatic rings. The minimum absolute atomic E-state index is 0.192. The van der Waals surface area contributed by atoms with E-state index in [4.69, 9.17) is 4.74 Å². The van der Waals surface area contributed by atoms with Crippen molar-refractivity contribution in [3.63, 3.8) is 0 Å². The molecule has 2 saturated carbocycles. The number of thioether (sulfide) groups is 2. The van der Waals surface area contributed by atoms with E-state index in [2.05, 4.69) is 28.8 Å². The minimum Gasteiger partial charge on any atom is -0.496 e. The van der Waals surface area contributed by atoms with Gasteiger partial charge >= 0.3 is 0 Å². The SMILES string of the molecule is COc1ccccc1CNC(=O)C1C[C@H]2CCC[C@@H](C1)C21SCCS1. The fraction of sp³-hybridized carbons (Fsp3) is 0.650. The molecule has 1 aliphatic heterocycles. The molecule has 25 heavy (non-hydrogen) atoms. The minimum atomic E-state index is 0.192. The molecule has 1 N–H and O–H groups in total. The Kier molecular flexibility index (Phi) is 5.23. The monoisotopic (exact) mass is 377 g/mol. The van der Waals surface area contributed by atoms with Crippen molar-refractivity contribution in [1.82, 2.24) is 5.32 Å². The molecular formula is C20H27NO2S2. The molecule has 136 valence electrons. The first-order valence-corrected chi connectivity index (χ1v) is 11.4. The van der Waals surface area contributed by atoms with Gasteiger partial charge in [0.05, 0.1) is 11.2 Å². The molecule has 2 aliphatic carbocycles. The van der Waals surface area contributed by atoms with Gasteiger partial charge in [-0.05, 0) is 43.6 Å². The molecule has 0 aromatic heterocycles. The maximum Gasteiger partial charge on any atom is 0.223 e. The van der Waals surface area contributed by atoms with Crippen LogP contribution >= 0.6 is 23.5 Å². The lowest BCUT2D eigenvalue weighted by atomic mass is 9.67. The molecule has 4 rings (SSSR count). The van der Waals surface area contributed by atoms with Crippen LogP contribution in [0.1, 0.15) is 37.7 Å². The van der Waals surface area contributed by atoms with Crippen LogP contribution in [0, 0.1) is 17.8 Å². The Morgan fingerprint density at radius 1 is 1.20 bits per heavy atom. The van der Waals surface area contributed by atoms with Crippen molar-refractivity contribution in [2.45, 2.75) is 42.7 Å². The number of ether oxygens (including phenoxy) is 1. The van der Waals surface area contributed by atoms with Crippen molar-refractivity contribution in [2.24, 2.45) is 17.8 Å². The van der Waals surface area contributed by atoms with Gasteiger partial charge in [-0.25, -0.2) is 0 Å². The summed E-state index contributed by atoms with van der Waals surface area (Å²) in [6.07, 6.45) is 6.13. The predicted octanol–water partition coefficient (Wildman–Crippen LogP) is 4.31. The van der Waals surface area contributed by atoms with Gasteiger partial charge in [0.1, 0.15) is 5.75 Å². The molecule has 1 heterocycles. The van der Waals surface area contributed by atoms with Crippen molar-refractivity contribution in [1.29, 1.82) is 0 Å². The summed E-state index contributed by atoms with van der Waals surface area (Å²) in [5, 5.41) is 3.18. The Bertz CT molecular complexity index is 614. The average Bonchev–Trinajstić information content (AvgIpc) is 3.09. The van der Waals surface area contributed by atoms with Gasteiger partial charge in [0.25, 0.3) is 0 Å². The first kappa shape index (κ1) is 17.6. The van der Waals surface area contributed by atoms with Crippen LogP contribution in [0.15, 0.2) is 24.3 Å². The fourth-order valence-corrected chi connectivity index (χ4v) is 8.94. The summed E-state index contributed by atoms with van der Waals surface area (Å²) < 4.78 is 5.83. The number of hydrogen-bond donors (Lipinski definition) is 1. The molecule has 3 nitrogen and oxygen atoms in total. The molecule has 1 aromatic carbocycles. The molecule has 1 spiro atoms. The first-order valence-electron chi connectivity index (χ1n) is 9.40. The van der Waals surface area contributed by atoms with E-state index in [1.807, 2.05) is 24.3 Å². The van der Waals surface area contributed by atoms with Gasteiger partial charge in [-0.1, -0.05) is 24.6 Å². The molecule has 1 saturated heterocycles. The normalized spacial score (nSPS) is 30.2. The van der Waals surface area contributed by atoms with Gasteiger partial charge in [0.2, 0.25) is 5.91 Å². The van der Waals surface area contributed by atoms with E-state index in [0.29, 0.717) is 10.6 Å². The summed E-state index contributed by atoms with van der Waals surface area (Å²) in [4.78, 5) is 12.8. The van der Waals surface area contributed by atoms with E-state index >= 15 is 0 Å². The van der Waals surface area contributed by atoms with E-state index in [9.17, 15) is 4.79 Å². The number of hydrogen-bond acceptors (Lipinski definition) is 4. The second-order valence-electron chi connectivity index (χ2n) is 7.44. The van der Waals surface area contributed by atoms with Gasteiger partial charge in [-0.2, -0.15) is 0 Å². The molecule has 2 bridgehead atoms. The van der Waals surface area contributed by atoms with Crippen LogP contribution in [0.2, 0.25) is 0 Å². The lowest BCUT2D eigenvalue weighted by Crippen LogP contribution is -2.49. The van der Waals surface area contributed by atoms with Gasteiger partial charge in [0.15, 0.2) is 0 Å². The van der Waals surface area contributed by atoms with Gasteiger partial charge in [-0.15, -0.1) is 23.5 Å². The second-order valence-corrected chi connectivity index (χ2v) is 10.4. The zero-order valence-electron chi connectivity index (χ0n) is 14.8. The summed E-state index contributed by atoms with van der Waals surface area (Å²) in [6, 6.07) is 7.93. The van der Waals surface area contributed by atoms with E-state index in [1.165, 1.54) is 30.8 Å². The summed E-state index contributed by atoms with van der Waals surface area (Å²) in [7, 11) is 1.68. The maximum atomic E-state index is 12.8. The van der Waals surface area contributed by atoms with E-state index in [1.54, 1.807) is 7.11 Å². The molecule has 1 aromatic rings. The van der Waals surface area contributed by atoms with Crippen molar-refractivity contribution in [3.8, 4) is 5.75 Å². The summed E-state index contributed by atoms with van der Waals surface area (Å²) in [6.45, 7) is 0.559. The lowest BCUT2D eigenvalue weighted by molar-refractivity contribution is -0.127. The van der Waals surface area contributed by atoms with Gasteiger partial charge < -0.3 is 10.1 Å². The van der Waals surface area contributed by atoms with Gasteiger partial charge in [0, 0.05) is 29.5 Å². The zero-order valence-corrected chi connectivity index (χ0v) is 16.5. The van der Waals surface area contributed by atoms with Crippen LogP contribution < -0.4 is 10.1 Å². The number of para-hydroxylation sites is 1. The van der Waals surface area contributed by atoms with Crippen molar-refractivity contribution >= 4 is 29.4 Å². The van der Waals surface area contributed by atoms with E-state index in [-0.39, 0.29) is 11.8 Å². The average molecular weight is 378 g/mol. The molecule has 3 fully saturated rings. The highest BCUT2D eigenvalue weighted by Gasteiger charge is 2.55. The Morgan fingerprint density at radius 3 is 2.56 bits per heavy atom. The highest BCUT2D eigenvalue weighted by Crippen LogP contribution is 2.64. The summed E-state index contributed by atoms with van der Waals surface area (Å²) in [5.74, 6) is 5.31. The number of methoxy groups -OCH3 is 1. The van der Waals surface area contributed by atoms with Crippen LogP contribution in [0.25, 0.3) is 0 Å². The number of rotatable bonds is 4. The topological polar surface area (TPSA) is 38.3 Å². The molecular weight excluding hydrogens is 350 g/mol. The standard InChI is InChI=1S/C20H27NO2S2/c1-23-18-8-3-2-5-14(18)13-21-19(22)15-11-16-6-4-7-17(12-15)20(16)24-9-10-25-20/h2-3,5,8,15-17H,4,6-7,9-13H2,1H3,(H,21,22)/t15?,16-,17+. The maximum absolute atomic E-state index is 12.8. The molecule has 5 heteroatoms. The predicted molar refractivity (Wildman–Crippen MR) is 106 cm³/mol. The van der Waals surface area contributed by atoms with Crippen molar-refractivity contribution < 1.29 is 9.53 Å². The third-order valence-electron chi connectivity index (χ3n) is 6.14. The number of nitrogens with one attached hydrogen (secondary N) is 1. The highest BCUT2D eigenvalue weighted by molar-refractivity contribution is 8.21. The first-order chi connectivity index (χ1) is 12.2. The Morgan fingerprint density at radius 2 is 1.88 bits per heavy atom. The number of benzene rings is 1. The third kappa shape index (κ3) is 3.30. The number of carbonyl (C=O) groups excluding carboxylic acids is 1. The lowest BCUT2D eigenvalue weighted by Gasteiger charge is -2.52. The van der Waals surface area contributed by atoms with Crippen LogP contribution in [-0.2, 0) is 11.3 Å². The Balaban J connectivity index is 1.40. The molecule has 3 atom stereocenters. The Labute approximate surface area is 159 Å². The van der Waals surface area contributed by atoms with Crippen LogP contribution in [0.5, 0.6) is 5.75 Å². The fourth-order valence-electron chi connectivity index (χ4n) is 5.00. The molecule has 1 unspecified atom stereocenters.